The number of rotatable bonds is 6. The lowest BCUT2D eigenvalue weighted by molar-refractivity contribution is 0.363. The van der Waals surface area contributed by atoms with Gasteiger partial charge in [0, 0.05) is 12.1 Å². The van der Waals surface area contributed by atoms with E-state index >= 15 is 0 Å². The fourth-order valence-electron chi connectivity index (χ4n) is 3.07. The standard InChI is InChI=1S/C22H22N4O/c1-2-3-4-15-27-18-7-5-17(6-8-18)21-25-20-10-9-19(24-22(20)26-21)16-11-13-23-14-12-16/h2-11,23H,1,12-15H2,(H,24,25,26). The highest BCUT2D eigenvalue weighted by atomic mass is 16.5. The van der Waals surface area contributed by atoms with Gasteiger partial charge in [-0.05, 0) is 61.0 Å². The minimum absolute atomic E-state index is 0.522. The molecule has 136 valence electrons. The average molecular weight is 358 g/mol. The molecular weight excluding hydrogens is 336 g/mol. The molecule has 1 aliphatic heterocycles. The van der Waals surface area contributed by atoms with Gasteiger partial charge in [-0.2, -0.15) is 0 Å². The van der Waals surface area contributed by atoms with Gasteiger partial charge in [0.25, 0.3) is 0 Å². The Kier molecular flexibility index (Phi) is 5.12. The lowest BCUT2D eigenvalue weighted by Gasteiger charge is -2.12. The van der Waals surface area contributed by atoms with E-state index in [-0.39, 0.29) is 0 Å². The summed E-state index contributed by atoms with van der Waals surface area (Å²) in [4.78, 5) is 12.8. The topological polar surface area (TPSA) is 62.8 Å². The number of hydrogen-bond acceptors (Lipinski definition) is 4. The van der Waals surface area contributed by atoms with Crippen molar-refractivity contribution >= 4 is 16.7 Å². The molecule has 0 fully saturated rings. The predicted octanol–water partition coefficient (Wildman–Crippen LogP) is 4.12. The van der Waals surface area contributed by atoms with Crippen molar-refractivity contribution in [1.82, 2.24) is 20.3 Å². The molecule has 0 atom stereocenters. The molecule has 1 aliphatic rings. The molecule has 0 aliphatic carbocycles. The molecule has 5 heteroatoms. The van der Waals surface area contributed by atoms with Crippen LogP contribution in [0, 0.1) is 0 Å². The molecule has 3 aromatic rings. The molecule has 0 saturated heterocycles. The first-order valence-electron chi connectivity index (χ1n) is 9.11. The van der Waals surface area contributed by atoms with Crippen molar-refractivity contribution in [3.63, 3.8) is 0 Å². The van der Waals surface area contributed by atoms with Crippen molar-refractivity contribution in [3.8, 4) is 17.1 Å². The monoisotopic (exact) mass is 358 g/mol. The van der Waals surface area contributed by atoms with Crippen LogP contribution in [-0.4, -0.2) is 34.6 Å². The van der Waals surface area contributed by atoms with Gasteiger partial charge in [-0.25, -0.2) is 9.97 Å². The molecule has 0 radical (unpaired) electrons. The summed E-state index contributed by atoms with van der Waals surface area (Å²) in [5, 5.41) is 3.33. The minimum Gasteiger partial charge on any atom is -0.490 e. The van der Waals surface area contributed by atoms with E-state index in [2.05, 4.69) is 40.1 Å². The van der Waals surface area contributed by atoms with Crippen molar-refractivity contribution in [2.75, 3.05) is 19.7 Å². The number of hydrogen-bond donors (Lipinski definition) is 2. The van der Waals surface area contributed by atoms with Gasteiger partial charge in [0.15, 0.2) is 5.65 Å². The zero-order valence-electron chi connectivity index (χ0n) is 15.1. The first-order chi connectivity index (χ1) is 13.3. The van der Waals surface area contributed by atoms with Crippen molar-refractivity contribution in [3.05, 3.63) is 73.0 Å². The third-order valence-corrected chi connectivity index (χ3v) is 4.48. The number of imidazole rings is 1. The maximum absolute atomic E-state index is 5.65. The van der Waals surface area contributed by atoms with Gasteiger partial charge in [0.05, 0.1) is 11.2 Å². The average Bonchev–Trinajstić information content (AvgIpc) is 3.16. The molecule has 3 heterocycles. The summed E-state index contributed by atoms with van der Waals surface area (Å²) in [7, 11) is 0. The molecule has 0 spiro atoms. The van der Waals surface area contributed by atoms with Crippen LogP contribution in [0.5, 0.6) is 5.75 Å². The summed E-state index contributed by atoms with van der Waals surface area (Å²) in [6, 6.07) is 12.0. The Bertz CT molecular complexity index is 999. The van der Waals surface area contributed by atoms with Crippen LogP contribution >= 0.6 is 0 Å². The second-order valence-electron chi connectivity index (χ2n) is 6.34. The van der Waals surface area contributed by atoms with Crippen LogP contribution in [0.4, 0.5) is 0 Å². The number of allylic oxidation sites excluding steroid dienone is 2. The molecule has 5 nitrogen and oxygen atoms in total. The number of fused-ring (bicyclic) bond motifs is 1. The highest BCUT2D eigenvalue weighted by Gasteiger charge is 2.11. The summed E-state index contributed by atoms with van der Waals surface area (Å²) < 4.78 is 5.65. The van der Waals surface area contributed by atoms with Gasteiger partial charge in [-0.3, -0.25) is 0 Å². The SMILES string of the molecule is C=CC=CCOc1ccc(-c2nc3nc(C4=CCNCC4)ccc3[nH]2)cc1. The van der Waals surface area contributed by atoms with E-state index in [0.29, 0.717) is 6.61 Å². The molecule has 2 aromatic heterocycles. The summed E-state index contributed by atoms with van der Waals surface area (Å²) in [5.74, 6) is 1.63. The molecular formula is C22H22N4O. The van der Waals surface area contributed by atoms with Gasteiger partial charge in [0.1, 0.15) is 18.2 Å². The Balaban J connectivity index is 1.54. The van der Waals surface area contributed by atoms with Crippen LogP contribution in [-0.2, 0) is 0 Å². The Hall–Kier alpha value is -3.18. The number of ether oxygens (including phenoxy) is 1. The second-order valence-corrected chi connectivity index (χ2v) is 6.34. The van der Waals surface area contributed by atoms with E-state index < -0.39 is 0 Å². The quantitative estimate of drug-likeness (QED) is 0.651. The molecule has 0 unspecified atom stereocenters. The Morgan fingerprint density at radius 1 is 1.11 bits per heavy atom. The zero-order valence-corrected chi connectivity index (χ0v) is 15.1. The molecule has 0 saturated carbocycles. The number of aromatic amines is 1. The first-order valence-corrected chi connectivity index (χ1v) is 9.11. The highest BCUT2D eigenvalue weighted by Crippen LogP contribution is 2.24. The molecule has 0 bridgehead atoms. The molecule has 2 N–H and O–H groups in total. The third-order valence-electron chi connectivity index (χ3n) is 4.48. The first kappa shape index (κ1) is 17.2. The van der Waals surface area contributed by atoms with Crippen molar-refractivity contribution < 1.29 is 4.74 Å². The third kappa shape index (κ3) is 3.99. The van der Waals surface area contributed by atoms with Crippen LogP contribution in [0.3, 0.4) is 0 Å². The lowest BCUT2D eigenvalue weighted by atomic mass is 10.1. The van der Waals surface area contributed by atoms with Crippen LogP contribution in [0.15, 0.2) is 67.3 Å². The van der Waals surface area contributed by atoms with E-state index in [9.17, 15) is 0 Å². The van der Waals surface area contributed by atoms with Crippen molar-refractivity contribution in [2.24, 2.45) is 0 Å². The molecule has 1 aromatic carbocycles. The number of nitrogens with one attached hydrogen (secondary N) is 2. The smallest absolute Gasteiger partial charge is 0.178 e. The van der Waals surface area contributed by atoms with Crippen LogP contribution in [0.2, 0.25) is 0 Å². The number of pyridine rings is 1. The Morgan fingerprint density at radius 2 is 2.00 bits per heavy atom. The van der Waals surface area contributed by atoms with E-state index in [1.165, 1.54) is 5.57 Å². The van der Waals surface area contributed by atoms with Gasteiger partial charge in [-0.15, -0.1) is 0 Å². The van der Waals surface area contributed by atoms with Gasteiger partial charge in [-0.1, -0.05) is 24.8 Å². The Morgan fingerprint density at radius 3 is 2.78 bits per heavy atom. The second kappa shape index (κ2) is 8.01. The van der Waals surface area contributed by atoms with Crippen LogP contribution < -0.4 is 10.1 Å². The fourth-order valence-corrected chi connectivity index (χ4v) is 3.07. The lowest BCUT2D eigenvalue weighted by Crippen LogP contribution is -2.20. The summed E-state index contributed by atoms with van der Waals surface area (Å²) in [6.07, 6.45) is 8.72. The molecule has 27 heavy (non-hydrogen) atoms. The highest BCUT2D eigenvalue weighted by molar-refractivity contribution is 5.78. The molecule has 4 rings (SSSR count). The normalized spacial score (nSPS) is 14.4. The van der Waals surface area contributed by atoms with Crippen LogP contribution in [0.25, 0.3) is 28.1 Å². The number of H-pyrrole nitrogens is 1. The van der Waals surface area contributed by atoms with Gasteiger partial charge >= 0.3 is 0 Å². The van der Waals surface area contributed by atoms with E-state index in [4.69, 9.17) is 9.72 Å². The van der Waals surface area contributed by atoms with Crippen molar-refractivity contribution in [2.45, 2.75) is 6.42 Å². The van der Waals surface area contributed by atoms with Crippen LogP contribution in [0.1, 0.15) is 12.1 Å². The van der Waals surface area contributed by atoms with Gasteiger partial charge < -0.3 is 15.0 Å². The number of benzene rings is 1. The maximum atomic E-state index is 5.65. The van der Waals surface area contributed by atoms with E-state index in [0.717, 1.165) is 53.5 Å². The number of aromatic nitrogens is 3. The fraction of sp³-hybridized carbons (Fsp3) is 0.182. The summed E-state index contributed by atoms with van der Waals surface area (Å²) in [5.41, 5.74) is 4.99. The summed E-state index contributed by atoms with van der Waals surface area (Å²) in [6.45, 7) is 6.06. The minimum atomic E-state index is 0.522. The predicted molar refractivity (Wildman–Crippen MR) is 110 cm³/mol. The maximum Gasteiger partial charge on any atom is 0.178 e. The van der Waals surface area contributed by atoms with E-state index in [1.54, 1.807) is 6.08 Å². The number of nitrogens with zero attached hydrogens (tertiary/aromatic N) is 2. The molecule has 0 amide bonds. The largest absolute Gasteiger partial charge is 0.490 e. The summed E-state index contributed by atoms with van der Waals surface area (Å²) >= 11 is 0. The van der Waals surface area contributed by atoms with Crippen molar-refractivity contribution in [1.29, 1.82) is 0 Å². The zero-order chi connectivity index (χ0) is 18.5. The van der Waals surface area contributed by atoms with E-state index in [1.807, 2.05) is 36.4 Å². The van der Waals surface area contributed by atoms with Gasteiger partial charge in [0.2, 0.25) is 0 Å². The Labute approximate surface area is 158 Å².